The minimum atomic E-state index is -0.149. The zero-order valence-electron chi connectivity index (χ0n) is 31.9. The molecule has 0 fully saturated rings. The van der Waals surface area contributed by atoms with E-state index >= 15 is 0 Å². The van der Waals surface area contributed by atoms with E-state index in [1.54, 1.807) is 0 Å². The zero-order chi connectivity index (χ0) is 37.5. The van der Waals surface area contributed by atoms with Crippen LogP contribution in [-0.4, -0.2) is 24.1 Å². The molecule has 0 radical (unpaired) electrons. The van der Waals surface area contributed by atoms with E-state index in [1.807, 2.05) is 6.07 Å². The molecule has 0 saturated heterocycles. The maximum atomic E-state index is 5.52. The lowest BCUT2D eigenvalue weighted by molar-refractivity contribution is 0.405. The van der Waals surface area contributed by atoms with Gasteiger partial charge in [-0.3, -0.25) is 9.13 Å². The van der Waals surface area contributed by atoms with E-state index in [-0.39, 0.29) is 10.8 Å². The number of aromatic nitrogens is 5. The van der Waals surface area contributed by atoms with Crippen molar-refractivity contribution in [2.24, 2.45) is 5.92 Å². The fourth-order valence-electron chi connectivity index (χ4n) is 10.5. The summed E-state index contributed by atoms with van der Waals surface area (Å²) in [6.45, 7) is 9.50. The molecule has 1 unspecified atom stereocenters. The topological polar surface area (TPSA) is 48.5 Å². The highest BCUT2D eigenvalue weighted by Gasteiger charge is 2.45. The van der Waals surface area contributed by atoms with Crippen molar-refractivity contribution in [2.75, 3.05) is 0 Å². The standard InChI is InChI=1S/C51H39N5/c1-50(2)39-22-12-8-18-31(39)35-26-37-33-20-10-14-24-43(33)55(45(37)28-41(35)50)48-52-47(30-16-6-5-7-17-30)53-49(54-48)56-44-25-15-11-21-34(44)38-27-36-32-19-9-13-23-40(32)51(3,4)42(36)29-46(38)56/h5-28,42H,29H2,1-4H3. The fourth-order valence-corrected chi connectivity index (χ4v) is 10.5. The van der Waals surface area contributed by atoms with E-state index in [2.05, 4.69) is 176 Å². The molecule has 6 aromatic carbocycles. The molecule has 3 heterocycles. The number of hydrogen-bond donors (Lipinski definition) is 0. The normalized spacial score (nSPS) is 17.1. The Hall–Kier alpha value is -6.59. The summed E-state index contributed by atoms with van der Waals surface area (Å²) < 4.78 is 4.61. The zero-order valence-corrected chi connectivity index (χ0v) is 31.9. The molecule has 268 valence electrons. The van der Waals surface area contributed by atoms with Crippen molar-refractivity contribution < 1.29 is 0 Å². The van der Waals surface area contributed by atoms with Gasteiger partial charge in [0, 0.05) is 38.4 Å². The second-order valence-electron chi connectivity index (χ2n) is 16.9. The molecule has 0 bridgehead atoms. The molecule has 3 aliphatic rings. The Morgan fingerprint density at radius 3 is 1.93 bits per heavy atom. The van der Waals surface area contributed by atoms with E-state index in [9.17, 15) is 0 Å². The Morgan fingerprint density at radius 1 is 0.518 bits per heavy atom. The summed E-state index contributed by atoms with van der Waals surface area (Å²) in [4.78, 5) is 16.2. The highest BCUT2D eigenvalue weighted by atomic mass is 15.3. The lowest BCUT2D eigenvalue weighted by atomic mass is 9.73. The first-order valence-electron chi connectivity index (χ1n) is 19.7. The number of allylic oxidation sites excluding steroid dienone is 1. The van der Waals surface area contributed by atoms with Crippen LogP contribution in [0.15, 0.2) is 140 Å². The molecule has 5 heteroatoms. The van der Waals surface area contributed by atoms with Gasteiger partial charge in [-0.05, 0) is 87.0 Å². The van der Waals surface area contributed by atoms with Crippen LogP contribution in [0, 0.1) is 5.92 Å². The monoisotopic (exact) mass is 721 g/mol. The van der Waals surface area contributed by atoms with Crippen LogP contribution in [0.1, 0.15) is 61.2 Å². The van der Waals surface area contributed by atoms with Crippen molar-refractivity contribution in [3.63, 3.8) is 0 Å². The number of rotatable bonds is 3. The Kier molecular flexibility index (Phi) is 6.24. The maximum Gasteiger partial charge on any atom is 0.240 e. The first kappa shape index (κ1) is 31.7. The van der Waals surface area contributed by atoms with Gasteiger partial charge >= 0.3 is 0 Å². The number of benzene rings is 6. The first-order valence-corrected chi connectivity index (χ1v) is 19.7. The van der Waals surface area contributed by atoms with Crippen molar-refractivity contribution in [1.29, 1.82) is 0 Å². The summed E-state index contributed by atoms with van der Waals surface area (Å²) in [6, 6.07) is 50.4. The molecule has 1 atom stereocenters. The third-order valence-electron chi connectivity index (χ3n) is 13.3. The summed E-state index contributed by atoms with van der Waals surface area (Å²) in [5.74, 6) is 2.23. The lowest BCUT2D eigenvalue weighted by Crippen LogP contribution is -2.28. The molecule has 56 heavy (non-hydrogen) atoms. The van der Waals surface area contributed by atoms with Crippen LogP contribution >= 0.6 is 0 Å². The van der Waals surface area contributed by atoms with Gasteiger partial charge in [0.15, 0.2) is 5.82 Å². The van der Waals surface area contributed by atoms with Crippen molar-refractivity contribution in [3.05, 3.63) is 173 Å². The van der Waals surface area contributed by atoms with E-state index in [4.69, 9.17) is 15.0 Å². The largest absolute Gasteiger partial charge is 0.282 e. The van der Waals surface area contributed by atoms with Gasteiger partial charge in [0.05, 0.1) is 16.6 Å². The highest BCUT2D eigenvalue weighted by molar-refractivity contribution is 6.11. The Labute approximate surface area is 325 Å². The van der Waals surface area contributed by atoms with Crippen molar-refractivity contribution in [1.82, 2.24) is 24.1 Å². The van der Waals surface area contributed by atoms with Gasteiger partial charge in [-0.25, -0.2) is 0 Å². The van der Waals surface area contributed by atoms with Gasteiger partial charge in [-0.15, -0.1) is 0 Å². The quantitative estimate of drug-likeness (QED) is 0.182. The van der Waals surface area contributed by atoms with Crippen LogP contribution in [0.4, 0.5) is 0 Å². The molecule has 9 aromatic rings. The van der Waals surface area contributed by atoms with E-state index in [0.29, 0.717) is 23.6 Å². The summed E-state index contributed by atoms with van der Waals surface area (Å²) in [7, 11) is 0. The minimum absolute atomic E-state index is 0.0163. The van der Waals surface area contributed by atoms with E-state index < -0.39 is 0 Å². The lowest BCUT2D eigenvalue weighted by Gasteiger charge is -2.31. The first-order chi connectivity index (χ1) is 27.3. The van der Waals surface area contributed by atoms with Crippen molar-refractivity contribution >= 4 is 44.4 Å². The van der Waals surface area contributed by atoms with Gasteiger partial charge in [0.1, 0.15) is 0 Å². The van der Waals surface area contributed by atoms with E-state index in [1.165, 1.54) is 66.4 Å². The second-order valence-corrected chi connectivity index (χ2v) is 16.9. The number of para-hydroxylation sites is 2. The van der Waals surface area contributed by atoms with Crippen LogP contribution in [-0.2, 0) is 17.3 Å². The van der Waals surface area contributed by atoms with E-state index in [0.717, 1.165) is 28.5 Å². The third kappa shape index (κ3) is 4.12. The molecule has 0 saturated carbocycles. The van der Waals surface area contributed by atoms with Crippen LogP contribution in [0.25, 0.3) is 78.8 Å². The molecule has 0 spiro atoms. The van der Waals surface area contributed by atoms with Crippen molar-refractivity contribution in [2.45, 2.75) is 44.9 Å². The van der Waals surface area contributed by atoms with Gasteiger partial charge < -0.3 is 0 Å². The molecule has 0 amide bonds. The summed E-state index contributed by atoms with van der Waals surface area (Å²) >= 11 is 0. The summed E-state index contributed by atoms with van der Waals surface area (Å²) in [5.41, 5.74) is 16.1. The molecule has 0 N–H and O–H groups in total. The molecular formula is C51H39N5. The van der Waals surface area contributed by atoms with Gasteiger partial charge in [-0.2, -0.15) is 15.0 Å². The van der Waals surface area contributed by atoms with Crippen LogP contribution in [0.3, 0.4) is 0 Å². The Bertz CT molecular complexity index is 3170. The van der Waals surface area contributed by atoms with Gasteiger partial charge in [0.25, 0.3) is 0 Å². The smallest absolute Gasteiger partial charge is 0.240 e. The molecule has 3 aliphatic carbocycles. The fraction of sp³-hybridized carbons (Fsp3) is 0.157. The number of hydrogen-bond acceptors (Lipinski definition) is 3. The maximum absolute atomic E-state index is 5.52. The van der Waals surface area contributed by atoms with Crippen LogP contribution < -0.4 is 0 Å². The average molecular weight is 722 g/mol. The second kappa shape index (κ2) is 11.0. The number of nitrogens with zero attached hydrogens (tertiary/aromatic N) is 5. The van der Waals surface area contributed by atoms with Crippen LogP contribution in [0.5, 0.6) is 0 Å². The van der Waals surface area contributed by atoms with Crippen molar-refractivity contribution in [3.8, 4) is 34.4 Å². The third-order valence-corrected chi connectivity index (χ3v) is 13.3. The van der Waals surface area contributed by atoms with Crippen LogP contribution in [0.2, 0.25) is 0 Å². The van der Waals surface area contributed by atoms with Gasteiger partial charge in [0.2, 0.25) is 11.9 Å². The molecular weight excluding hydrogens is 683 g/mol. The molecule has 0 aliphatic heterocycles. The summed E-state index contributed by atoms with van der Waals surface area (Å²) in [5, 5.41) is 3.59. The Morgan fingerprint density at radius 2 is 1.14 bits per heavy atom. The Balaban J connectivity index is 1.15. The SMILES string of the molecule is CC1(C)c2ccccc2-c2cc3c4ccccc4n(-c4nc(-c5ccccc5)nc(-n5c6c(c7ccccc75)C=C5c7ccccc7C(C)(C)C5C6)n4)c3cc21. The molecule has 3 aromatic heterocycles. The minimum Gasteiger partial charge on any atom is -0.282 e. The highest BCUT2D eigenvalue weighted by Crippen LogP contribution is 2.55. The average Bonchev–Trinajstić information content (AvgIpc) is 3.88. The number of fused-ring (bicyclic) bond motifs is 12. The van der Waals surface area contributed by atoms with Gasteiger partial charge in [-0.1, -0.05) is 143 Å². The molecule has 5 nitrogen and oxygen atoms in total. The predicted octanol–water partition coefficient (Wildman–Crippen LogP) is 11.9. The molecule has 12 rings (SSSR count). The predicted molar refractivity (Wildman–Crippen MR) is 229 cm³/mol. The summed E-state index contributed by atoms with van der Waals surface area (Å²) in [6.07, 6.45) is 3.35.